The molecule has 1 atom stereocenters. The van der Waals surface area contributed by atoms with Crippen molar-refractivity contribution < 1.29 is 26.9 Å². The third kappa shape index (κ3) is 6.85. The van der Waals surface area contributed by atoms with E-state index >= 15 is 0 Å². The van der Waals surface area contributed by atoms with Gasteiger partial charge in [0.25, 0.3) is 0 Å². The van der Waals surface area contributed by atoms with E-state index in [1.54, 1.807) is 11.0 Å². The van der Waals surface area contributed by atoms with Crippen LogP contribution in [-0.4, -0.2) is 71.0 Å². The summed E-state index contributed by atoms with van der Waals surface area (Å²) in [5.41, 5.74) is 1.50. The third-order valence-electron chi connectivity index (χ3n) is 5.18. The van der Waals surface area contributed by atoms with Gasteiger partial charge in [-0.05, 0) is 39.7 Å². The molecule has 9 heteroatoms. The minimum atomic E-state index is -3.71. The summed E-state index contributed by atoms with van der Waals surface area (Å²) < 4.78 is 40.5. The molecule has 0 aliphatic carbocycles. The molecular formula is C21H34N2O6S. The molecule has 8 nitrogen and oxygen atoms in total. The van der Waals surface area contributed by atoms with E-state index in [0.717, 1.165) is 31.6 Å². The average molecular weight is 443 g/mol. The Kier molecular flexibility index (Phi) is 9.38. The number of hydrogen-bond donors (Lipinski definition) is 0. The van der Waals surface area contributed by atoms with Crippen LogP contribution in [-0.2, 0) is 30.9 Å². The molecule has 1 aromatic carbocycles. The van der Waals surface area contributed by atoms with Gasteiger partial charge in [0.15, 0.2) is 0 Å². The highest BCUT2D eigenvalue weighted by molar-refractivity contribution is 7.87. The summed E-state index contributed by atoms with van der Waals surface area (Å²) in [5, 5.41) is 0. The zero-order valence-corrected chi connectivity index (χ0v) is 19.2. The highest BCUT2D eigenvalue weighted by atomic mass is 32.2. The van der Waals surface area contributed by atoms with Crippen LogP contribution >= 0.6 is 0 Å². The molecule has 1 aliphatic rings. The van der Waals surface area contributed by atoms with Crippen LogP contribution in [0.5, 0.6) is 5.75 Å². The van der Waals surface area contributed by atoms with E-state index in [0.29, 0.717) is 18.7 Å². The molecule has 0 N–H and O–H groups in total. The maximum Gasteiger partial charge on any atom is 0.308 e. The number of benzene rings is 1. The third-order valence-corrected chi connectivity index (χ3v) is 6.32. The lowest BCUT2D eigenvalue weighted by Crippen LogP contribution is -2.39. The minimum Gasteiger partial charge on any atom is -0.382 e. The monoisotopic (exact) mass is 442 g/mol. The first-order valence-corrected chi connectivity index (χ1v) is 12.1. The molecule has 1 heterocycles. The second-order valence-electron chi connectivity index (χ2n) is 7.24. The molecule has 0 unspecified atom stereocenters. The molecule has 1 aromatic rings. The standard InChI is InChI=1S/C21H34N2O6S/c1-5-22(6-2)18-11-10-17(20(13-18)29-30(25,26)7-3)14-23(21(24)16-27-4)15-19-9-8-12-28-19/h10-11,13,19H,5-9,12,14-16H2,1-4H3/t19-/m0/s1. The Balaban J connectivity index is 2.35. The van der Waals surface area contributed by atoms with Crippen molar-refractivity contribution in [3.8, 4) is 5.75 Å². The maximum atomic E-state index is 12.6. The summed E-state index contributed by atoms with van der Waals surface area (Å²) in [5.74, 6) is -0.0570. The Hall–Kier alpha value is -1.84. The first-order chi connectivity index (χ1) is 14.3. The predicted molar refractivity (Wildman–Crippen MR) is 116 cm³/mol. The highest BCUT2D eigenvalue weighted by Gasteiger charge is 2.25. The van der Waals surface area contributed by atoms with Gasteiger partial charge in [-0.1, -0.05) is 6.07 Å². The molecule has 0 spiro atoms. The molecule has 170 valence electrons. The Bertz CT molecular complexity index is 789. The van der Waals surface area contributed by atoms with Gasteiger partial charge in [-0.3, -0.25) is 4.79 Å². The van der Waals surface area contributed by atoms with Crippen molar-refractivity contribution in [3.05, 3.63) is 23.8 Å². The first kappa shape index (κ1) is 24.4. The van der Waals surface area contributed by atoms with Gasteiger partial charge in [0.1, 0.15) is 12.4 Å². The van der Waals surface area contributed by atoms with E-state index in [1.807, 2.05) is 26.0 Å². The SMILES string of the molecule is CCN(CC)c1ccc(CN(C[C@@H]2CCCO2)C(=O)COC)c(OS(=O)(=O)CC)c1. The Morgan fingerprint density at radius 3 is 2.53 bits per heavy atom. The van der Waals surface area contributed by atoms with Crippen molar-refractivity contribution in [1.29, 1.82) is 0 Å². The molecule has 0 saturated carbocycles. The van der Waals surface area contributed by atoms with Crippen LogP contribution < -0.4 is 9.08 Å². The van der Waals surface area contributed by atoms with Crippen molar-refractivity contribution in [2.45, 2.75) is 46.3 Å². The minimum absolute atomic E-state index is 0.0236. The Morgan fingerprint density at radius 2 is 1.97 bits per heavy atom. The summed E-state index contributed by atoms with van der Waals surface area (Å²) in [6.07, 6.45) is 1.84. The second-order valence-corrected chi connectivity index (χ2v) is 9.10. The van der Waals surface area contributed by atoms with E-state index < -0.39 is 10.1 Å². The number of carbonyl (C=O) groups excluding carboxylic acids is 1. The number of hydrogen-bond acceptors (Lipinski definition) is 7. The van der Waals surface area contributed by atoms with E-state index in [-0.39, 0.29) is 36.7 Å². The number of carbonyl (C=O) groups is 1. The van der Waals surface area contributed by atoms with E-state index in [2.05, 4.69) is 4.90 Å². The smallest absolute Gasteiger partial charge is 0.308 e. The normalized spacial score (nSPS) is 16.5. The zero-order chi connectivity index (χ0) is 22.1. The van der Waals surface area contributed by atoms with E-state index in [4.69, 9.17) is 13.7 Å². The number of nitrogens with zero attached hydrogens (tertiary/aromatic N) is 2. The van der Waals surface area contributed by atoms with Gasteiger partial charge in [0, 0.05) is 57.2 Å². The van der Waals surface area contributed by atoms with Crippen molar-refractivity contribution in [3.63, 3.8) is 0 Å². The first-order valence-electron chi connectivity index (χ1n) is 10.5. The predicted octanol–water partition coefficient (Wildman–Crippen LogP) is 2.42. The molecule has 2 rings (SSSR count). The van der Waals surface area contributed by atoms with Crippen LogP contribution in [0.1, 0.15) is 39.2 Å². The van der Waals surface area contributed by atoms with Crippen LogP contribution in [0.2, 0.25) is 0 Å². The fourth-order valence-electron chi connectivity index (χ4n) is 3.44. The largest absolute Gasteiger partial charge is 0.382 e. The molecular weight excluding hydrogens is 408 g/mol. The fourth-order valence-corrected chi connectivity index (χ4v) is 3.99. The highest BCUT2D eigenvalue weighted by Crippen LogP contribution is 2.29. The van der Waals surface area contributed by atoms with Gasteiger partial charge in [0.05, 0.1) is 11.9 Å². The molecule has 0 radical (unpaired) electrons. The van der Waals surface area contributed by atoms with Crippen molar-refractivity contribution >= 4 is 21.7 Å². The van der Waals surface area contributed by atoms with Crippen LogP contribution in [0.15, 0.2) is 18.2 Å². The number of rotatable bonds is 12. The Labute approximate surface area is 180 Å². The number of ether oxygens (including phenoxy) is 2. The summed E-state index contributed by atoms with van der Waals surface area (Å²) >= 11 is 0. The van der Waals surface area contributed by atoms with Crippen LogP contribution in [0.4, 0.5) is 5.69 Å². The second kappa shape index (κ2) is 11.5. The molecule has 1 aliphatic heterocycles. The van der Waals surface area contributed by atoms with Gasteiger partial charge in [-0.2, -0.15) is 8.42 Å². The van der Waals surface area contributed by atoms with Crippen LogP contribution in [0, 0.1) is 0 Å². The van der Waals surface area contributed by atoms with Gasteiger partial charge in [-0.15, -0.1) is 0 Å². The van der Waals surface area contributed by atoms with Crippen molar-refractivity contribution in [2.24, 2.45) is 0 Å². The van der Waals surface area contributed by atoms with Gasteiger partial charge in [0.2, 0.25) is 5.91 Å². The molecule has 30 heavy (non-hydrogen) atoms. The van der Waals surface area contributed by atoms with Gasteiger partial charge in [-0.25, -0.2) is 0 Å². The van der Waals surface area contributed by atoms with E-state index in [1.165, 1.54) is 14.0 Å². The maximum absolute atomic E-state index is 12.6. The fraction of sp³-hybridized carbons (Fsp3) is 0.667. The van der Waals surface area contributed by atoms with Crippen LogP contribution in [0.25, 0.3) is 0 Å². The Morgan fingerprint density at radius 1 is 1.23 bits per heavy atom. The average Bonchev–Trinajstić information content (AvgIpc) is 3.23. The number of amides is 1. The van der Waals surface area contributed by atoms with Crippen molar-refractivity contribution in [2.75, 3.05) is 50.6 Å². The van der Waals surface area contributed by atoms with Crippen LogP contribution in [0.3, 0.4) is 0 Å². The van der Waals surface area contributed by atoms with Gasteiger partial charge < -0.3 is 23.5 Å². The lowest BCUT2D eigenvalue weighted by molar-refractivity contribution is -0.137. The molecule has 1 fully saturated rings. The molecule has 1 saturated heterocycles. The summed E-state index contributed by atoms with van der Waals surface area (Å²) in [6.45, 7) is 8.47. The zero-order valence-electron chi connectivity index (χ0n) is 18.4. The summed E-state index contributed by atoms with van der Waals surface area (Å²) in [7, 11) is -2.24. The molecule has 1 amide bonds. The molecule has 0 aromatic heterocycles. The number of anilines is 1. The van der Waals surface area contributed by atoms with Gasteiger partial charge >= 0.3 is 10.1 Å². The topological polar surface area (TPSA) is 85.4 Å². The van der Waals surface area contributed by atoms with Crippen molar-refractivity contribution in [1.82, 2.24) is 4.90 Å². The quantitative estimate of drug-likeness (QED) is 0.460. The van der Waals surface area contributed by atoms with E-state index in [9.17, 15) is 13.2 Å². The summed E-state index contributed by atoms with van der Waals surface area (Å²) in [4.78, 5) is 16.4. The molecule has 0 bridgehead atoms. The lowest BCUT2D eigenvalue weighted by Gasteiger charge is -2.27. The number of methoxy groups -OCH3 is 1. The summed E-state index contributed by atoms with van der Waals surface area (Å²) in [6, 6.07) is 5.50. The lowest BCUT2D eigenvalue weighted by atomic mass is 10.1.